The molecule has 0 aromatic heterocycles. The van der Waals surface area contributed by atoms with Crippen LogP contribution in [0.2, 0.25) is 0 Å². The van der Waals surface area contributed by atoms with Crippen LogP contribution in [0, 0.1) is 0 Å². The van der Waals surface area contributed by atoms with Crippen LogP contribution < -0.4 is 11.1 Å². The predicted molar refractivity (Wildman–Crippen MR) is 81.8 cm³/mol. The SMILES string of the molecule is CC(CN1CCOCC1)NC1CCc2cc(N)ccc21. The number of morpholine rings is 1. The number of nitrogens with one attached hydrogen (secondary N) is 1. The molecule has 3 rings (SSSR count). The molecule has 0 amide bonds. The zero-order valence-corrected chi connectivity index (χ0v) is 12.3. The Morgan fingerprint density at radius 2 is 2.20 bits per heavy atom. The molecule has 110 valence electrons. The van der Waals surface area contributed by atoms with Crippen molar-refractivity contribution < 1.29 is 4.74 Å². The van der Waals surface area contributed by atoms with Gasteiger partial charge in [0, 0.05) is 37.4 Å². The molecule has 0 saturated carbocycles. The van der Waals surface area contributed by atoms with Gasteiger partial charge in [-0.1, -0.05) is 6.07 Å². The van der Waals surface area contributed by atoms with E-state index < -0.39 is 0 Å². The highest BCUT2D eigenvalue weighted by Crippen LogP contribution is 2.32. The van der Waals surface area contributed by atoms with Gasteiger partial charge in [0.05, 0.1) is 13.2 Å². The molecule has 1 saturated heterocycles. The van der Waals surface area contributed by atoms with Crippen molar-refractivity contribution in [2.24, 2.45) is 0 Å². The van der Waals surface area contributed by atoms with E-state index in [0.717, 1.165) is 45.0 Å². The van der Waals surface area contributed by atoms with E-state index in [1.165, 1.54) is 17.5 Å². The molecule has 1 aliphatic heterocycles. The lowest BCUT2D eigenvalue weighted by atomic mass is 10.1. The van der Waals surface area contributed by atoms with Crippen LogP contribution in [0.15, 0.2) is 18.2 Å². The maximum Gasteiger partial charge on any atom is 0.0594 e. The number of aryl methyl sites for hydroxylation is 1. The Balaban J connectivity index is 1.56. The molecular formula is C16H25N3O. The molecule has 2 atom stereocenters. The molecule has 0 bridgehead atoms. The normalized spacial score (nSPS) is 24.6. The van der Waals surface area contributed by atoms with Crippen molar-refractivity contribution in [1.29, 1.82) is 0 Å². The van der Waals surface area contributed by atoms with E-state index in [-0.39, 0.29) is 0 Å². The maximum atomic E-state index is 5.86. The number of nitrogens with zero attached hydrogens (tertiary/aromatic N) is 1. The second kappa shape index (κ2) is 6.12. The first-order valence-electron chi connectivity index (χ1n) is 7.67. The predicted octanol–water partition coefficient (Wildman–Crippen LogP) is 1.57. The number of nitrogen functional groups attached to an aromatic ring is 1. The summed E-state index contributed by atoms with van der Waals surface area (Å²) in [4.78, 5) is 2.49. The first kappa shape index (κ1) is 13.9. The molecule has 1 aromatic rings. The van der Waals surface area contributed by atoms with Gasteiger partial charge in [0.15, 0.2) is 0 Å². The molecule has 20 heavy (non-hydrogen) atoms. The maximum absolute atomic E-state index is 5.86. The average molecular weight is 275 g/mol. The third-order valence-corrected chi connectivity index (χ3v) is 4.37. The van der Waals surface area contributed by atoms with Crippen molar-refractivity contribution >= 4 is 5.69 Å². The summed E-state index contributed by atoms with van der Waals surface area (Å²) >= 11 is 0. The Morgan fingerprint density at radius 1 is 1.40 bits per heavy atom. The third kappa shape index (κ3) is 3.14. The molecule has 4 nitrogen and oxygen atoms in total. The van der Waals surface area contributed by atoms with Gasteiger partial charge in [-0.05, 0) is 43.0 Å². The highest BCUT2D eigenvalue weighted by molar-refractivity contribution is 5.47. The van der Waals surface area contributed by atoms with Crippen molar-refractivity contribution in [3.63, 3.8) is 0 Å². The zero-order valence-electron chi connectivity index (χ0n) is 12.3. The Bertz CT molecular complexity index is 457. The molecule has 2 unspecified atom stereocenters. The number of nitrogens with two attached hydrogens (primary N) is 1. The van der Waals surface area contributed by atoms with Crippen molar-refractivity contribution in [3.05, 3.63) is 29.3 Å². The van der Waals surface area contributed by atoms with Crippen LogP contribution in [0.5, 0.6) is 0 Å². The number of benzene rings is 1. The fourth-order valence-corrected chi connectivity index (χ4v) is 3.38. The van der Waals surface area contributed by atoms with E-state index in [4.69, 9.17) is 10.5 Å². The van der Waals surface area contributed by atoms with Gasteiger partial charge in [-0.2, -0.15) is 0 Å². The van der Waals surface area contributed by atoms with Crippen molar-refractivity contribution in [2.75, 3.05) is 38.6 Å². The zero-order chi connectivity index (χ0) is 13.9. The number of rotatable bonds is 4. The number of hydrogen-bond acceptors (Lipinski definition) is 4. The van der Waals surface area contributed by atoms with Crippen LogP contribution in [0.4, 0.5) is 5.69 Å². The Kier molecular flexibility index (Phi) is 4.24. The van der Waals surface area contributed by atoms with Crippen molar-refractivity contribution in [1.82, 2.24) is 10.2 Å². The quantitative estimate of drug-likeness (QED) is 0.819. The Labute approximate surface area is 121 Å². The van der Waals surface area contributed by atoms with Gasteiger partial charge >= 0.3 is 0 Å². The first-order chi connectivity index (χ1) is 9.72. The van der Waals surface area contributed by atoms with Gasteiger partial charge in [-0.15, -0.1) is 0 Å². The lowest BCUT2D eigenvalue weighted by Gasteiger charge is -2.30. The van der Waals surface area contributed by atoms with Gasteiger partial charge in [0.25, 0.3) is 0 Å². The van der Waals surface area contributed by atoms with Gasteiger partial charge in [0.1, 0.15) is 0 Å². The summed E-state index contributed by atoms with van der Waals surface area (Å²) in [5.74, 6) is 0. The molecule has 0 radical (unpaired) electrons. The minimum atomic E-state index is 0.488. The minimum absolute atomic E-state index is 0.488. The standard InChI is InChI=1S/C16H25N3O/c1-12(11-19-6-8-20-9-7-19)18-16-5-2-13-10-14(17)3-4-15(13)16/h3-4,10,12,16,18H,2,5-9,11,17H2,1H3. The topological polar surface area (TPSA) is 50.5 Å². The molecule has 1 aromatic carbocycles. The highest BCUT2D eigenvalue weighted by Gasteiger charge is 2.24. The van der Waals surface area contributed by atoms with Crippen LogP contribution in [-0.2, 0) is 11.2 Å². The molecule has 2 aliphatic rings. The minimum Gasteiger partial charge on any atom is -0.399 e. The summed E-state index contributed by atoms with van der Waals surface area (Å²) in [7, 11) is 0. The van der Waals surface area contributed by atoms with Crippen molar-refractivity contribution in [2.45, 2.75) is 31.8 Å². The van der Waals surface area contributed by atoms with E-state index >= 15 is 0 Å². The van der Waals surface area contributed by atoms with Crippen LogP contribution in [0.25, 0.3) is 0 Å². The molecule has 1 aliphatic carbocycles. The number of ether oxygens (including phenoxy) is 1. The highest BCUT2D eigenvalue weighted by atomic mass is 16.5. The Morgan fingerprint density at radius 3 is 3.00 bits per heavy atom. The fourth-order valence-electron chi connectivity index (χ4n) is 3.38. The monoisotopic (exact) mass is 275 g/mol. The van der Waals surface area contributed by atoms with Crippen LogP contribution in [-0.4, -0.2) is 43.8 Å². The lowest BCUT2D eigenvalue weighted by molar-refractivity contribution is 0.0338. The van der Waals surface area contributed by atoms with Gasteiger partial charge in [-0.3, -0.25) is 4.90 Å². The molecule has 0 spiro atoms. The van der Waals surface area contributed by atoms with E-state index in [1.807, 2.05) is 6.07 Å². The molecular weight excluding hydrogens is 250 g/mol. The second-order valence-electron chi connectivity index (χ2n) is 6.03. The van der Waals surface area contributed by atoms with Gasteiger partial charge in [-0.25, -0.2) is 0 Å². The number of fused-ring (bicyclic) bond motifs is 1. The summed E-state index contributed by atoms with van der Waals surface area (Å²) in [6.45, 7) is 7.25. The second-order valence-corrected chi connectivity index (χ2v) is 6.03. The third-order valence-electron chi connectivity index (χ3n) is 4.37. The summed E-state index contributed by atoms with van der Waals surface area (Å²) in [5.41, 5.74) is 9.60. The largest absolute Gasteiger partial charge is 0.399 e. The first-order valence-corrected chi connectivity index (χ1v) is 7.67. The van der Waals surface area contributed by atoms with Crippen LogP contribution in [0.1, 0.15) is 30.5 Å². The molecule has 3 N–H and O–H groups in total. The smallest absolute Gasteiger partial charge is 0.0594 e. The van der Waals surface area contributed by atoms with Crippen LogP contribution in [0.3, 0.4) is 0 Å². The lowest BCUT2D eigenvalue weighted by Crippen LogP contribution is -2.45. The van der Waals surface area contributed by atoms with Crippen LogP contribution >= 0.6 is 0 Å². The van der Waals surface area contributed by atoms with Gasteiger partial charge < -0.3 is 15.8 Å². The fraction of sp³-hybridized carbons (Fsp3) is 0.625. The molecule has 1 heterocycles. The van der Waals surface area contributed by atoms with E-state index in [1.54, 1.807) is 0 Å². The van der Waals surface area contributed by atoms with E-state index in [0.29, 0.717) is 12.1 Å². The summed E-state index contributed by atoms with van der Waals surface area (Å²) in [5, 5.41) is 3.78. The molecule has 1 fully saturated rings. The summed E-state index contributed by atoms with van der Waals surface area (Å²) in [6.07, 6.45) is 2.33. The number of anilines is 1. The average Bonchev–Trinajstić information content (AvgIpc) is 2.82. The van der Waals surface area contributed by atoms with Gasteiger partial charge in [0.2, 0.25) is 0 Å². The van der Waals surface area contributed by atoms with Crippen molar-refractivity contribution in [3.8, 4) is 0 Å². The Hall–Kier alpha value is -1.10. The summed E-state index contributed by atoms with van der Waals surface area (Å²) < 4.78 is 5.40. The van der Waals surface area contributed by atoms with E-state index in [2.05, 4.69) is 29.3 Å². The number of hydrogen-bond donors (Lipinski definition) is 2. The molecule has 4 heteroatoms. The summed E-state index contributed by atoms with van der Waals surface area (Å²) in [6, 6.07) is 7.33. The van der Waals surface area contributed by atoms with E-state index in [9.17, 15) is 0 Å².